The topological polar surface area (TPSA) is 72.8 Å². The molecule has 5 heteroatoms. The van der Waals surface area contributed by atoms with E-state index in [1.807, 2.05) is 0 Å². The SMILES string of the molecule is O=C(c1cc(O)cc(O)c1)N1CCNCC1. The molecule has 0 radical (unpaired) electrons. The number of piperazine rings is 1. The Balaban J connectivity index is 2.19. The van der Waals surface area contributed by atoms with Gasteiger partial charge in [-0.15, -0.1) is 0 Å². The van der Waals surface area contributed by atoms with Crippen LogP contribution in [0.25, 0.3) is 0 Å². The molecule has 5 nitrogen and oxygen atoms in total. The van der Waals surface area contributed by atoms with Gasteiger partial charge in [0, 0.05) is 37.8 Å². The Bertz CT molecular complexity index is 380. The van der Waals surface area contributed by atoms with E-state index < -0.39 is 0 Å². The zero-order valence-corrected chi connectivity index (χ0v) is 8.81. The van der Waals surface area contributed by atoms with Crippen molar-refractivity contribution in [2.45, 2.75) is 0 Å². The van der Waals surface area contributed by atoms with Crippen LogP contribution in [-0.2, 0) is 0 Å². The Labute approximate surface area is 93.3 Å². The summed E-state index contributed by atoms with van der Waals surface area (Å²) in [7, 11) is 0. The number of rotatable bonds is 1. The maximum absolute atomic E-state index is 12.0. The molecule has 86 valence electrons. The normalized spacial score (nSPS) is 16.1. The number of nitrogens with one attached hydrogen (secondary N) is 1. The molecule has 1 aromatic rings. The summed E-state index contributed by atoms with van der Waals surface area (Å²) in [5, 5.41) is 21.7. The lowest BCUT2D eigenvalue weighted by molar-refractivity contribution is 0.0735. The highest BCUT2D eigenvalue weighted by Gasteiger charge is 2.18. The first kappa shape index (κ1) is 10.8. The van der Waals surface area contributed by atoms with Crippen LogP contribution < -0.4 is 5.32 Å². The molecule has 1 saturated heterocycles. The third-order valence-corrected chi connectivity index (χ3v) is 2.55. The van der Waals surface area contributed by atoms with E-state index in [4.69, 9.17) is 0 Å². The minimum atomic E-state index is -0.160. The summed E-state index contributed by atoms with van der Waals surface area (Å²) >= 11 is 0. The van der Waals surface area contributed by atoms with Gasteiger partial charge in [0.15, 0.2) is 0 Å². The lowest BCUT2D eigenvalue weighted by atomic mass is 10.1. The first-order valence-corrected chi connectivity index (χ1v) is 5.20. The molecule has 1 amide bonds. The largest absolute Gasteiger partial charge is 0.508 e. The average molecular weight is 222 g/mol. The molecule has 0 atom stereocenters. The molecule has 1 aliphatic rings. The van der Waals surface area contributed by atoms with Crippen LogP contribution in [0.5, 0.6) is 11.5 Å². The summed E-state index contributed by atoms with van der Waals surface area (Å²) in [6, 6.07) is 3.93. The fourth-order valence-electron chi connectivity index (χ4n) is 1.77. The van der Waals surface area contributed by atoms with Gasteiger partial charge in [0.25, 0.3) is 5.91 Å². The van der Waals surface area contributed by atoms with Crippen LogP contribution in [0.4, 0.5) is 0 Å². The van der Waals surface area contributed by atoms with Crippen LogP contribution in [-0.4, -0.2) is 47.2 Å². The van der Waals surface area contributed by atoms with Crippen molar-refractivity contribution in [3.05, 3.63) is 23.8 Å². The van der Waals surface area contributed by atoms with Crippen molar-refractivity contribution in [3.63, 3.8) is 0 Å². The van der Waals surface area contributed by atoms with Gasteiger partial charge in [-0.25, -0.2) is 0 Å². The van der Waals surface area contributed by atoms with E-state index in [2.05, 4.69) is 5.32 Å². The molecule has 2 rings (SSSR count). The van der Waals surface area contributed by atoms with Crippen LogP contribution in [0.1, 0.15) is 10.4 Å². The predicted octanol–water partition coefficient (Wildman–Crippen LogP) is 0.143. The first-order valence-electron chi connectivity index (χ1n) is 5.20. The minimum absolute atomic E-state index is 0.0986. The average Bonchev–Trinajstić information content (AvgIpc) is 2.28. The van der Waals surface area contributed by atoms with E-state index in [9.17, 15) is 15.0 Å². The van der Waals surface area contributed by atoms with Gasteiger partial charge in [-0.1, -0.05) is 0 Å². The number of nitrogens with zero attached hydrogens (tertiary/aromatic N) is 1. The van der Waals surface area contributed by atoms with Gasteiger partial charge in [0.2, 0.25) is 0 Å². The second kappa shape index (κ2) is 4.40. The van der Waals surface area contributed by atoms with E-state index in [-0.39, 0.29) is 17.4 Å². The predicted molar refractivity (Wildman–Crippen MR) is 58.5 cm³/mol. The van der Waals surface area contributed by atoms with Crippen molar-refractivity contribution >= 4 is 5.91 Å². The van der Waals surface area contributed by atoms with Crippen LogP contribution in [0.2, 0.25) is 0 Å². The monoisotopic (exact) mass is 222 g/mol. The van der Waals surface area contributed by atoms with Crippen LogP contribution in [0.15, 0.2) is 18.2 Å². The fourth-order valence-corrected chi connectivity index (χ4v) is 1.77. The van der Waals surface area contributed by atoms with E-state index in [1.165, 1.54) is 18.2 Å². The summed E-state index contributed by atoms with van der Waals surface area (Å²) in [4.78, 5) is 13.7. The van der Waals surface area contributed by atoms with Crippen molar-refractivity contribution in [1.82, 2.24) is 10.2 Å². The maximum Gasteiger partial charge on any atom is 0.254 e. The number of benzene rings is 1. The van der Waals surface area contributed by atoms with Crippen molar-refractivity contribution < 1.29 is 15.0 Å². The Kier molecular flexibility index (Phi) is 2.96. The molecular formula is C11H14N2O3. The number of aromatic hydroxyl groups is 2. The number of amides is 1. The second-order valence-electron chi connectivity index (χ2n) is 3.78. The van der Waals surface area contributed by atoms with Gasteiger partial charge in [-0.2, -0.15) is 0 Å². The Morgan fingerprint density at radius 3 is 2.25 bits per heavy atom. The lowest BCUT2D eigenvalue weighted by Crippen LogP contribution is -2.46. The van der Waals surface area contributed by atoms with Crippen LogP contribution >= 0.6 is 0 Å². The quantitative estimate of drug-likeness (QED) is 0.632. The van der Waals surface area contributed by atoms with Crippen LogP contribution in [0.3, 0.4) is 0 Å². The molecule has 1 aliphatic heterocycles. The van der Waals surface area contributed by atoms with Gasteiger partial charge in [-0.3, -0.25) is 4.79 Å². The molecule has 1 heterocycles. The molecule has 0 aliphatic carbocycles. The van der Waals surface area contributed by atoms with Crippen molar-refractivity contribution in [2.75, 3.05) is 26.2 Å². The van der Waals surface area contributed by atoms with Crippen molar-refractivity contribution in [3.8, 4) is 11.5 Å². The van der Waals surface area contributed by atoms with Gasteiger partial charge in [0.05, 0.1) is 0 Å². The number of phenols is 2. The molecule has 0 spiro atoms. The van der Waals surface area contributed by atoms with Gasteiger partial charge in [0.1, 0.15) is 11.5 Å². The van der Waals surface area contributed by atoms with Crippen molar-refractivity contribution in [1.29, 1.82) is 0 Å². The summed E-state index contributed by atoms with van der Waals surface area (Å²) in [5.41, 5.74) is 0.319. The number of phenolic OH excluding ortho intramolecular Hbond substituents is 2. The smallest absolute Gasteiger partial charge is 0.254 e. The molecule has 0 unspecified atom stereocenters. The van der Waals surface area contributed by atoms with Gasteiger partial charge < -0.3 is 20.4 Å². The second-order valence-corrected chi connectivity index (χ2v) is 3.78. The maximum atomic E-state index is 12.0. The Morgan fingerprint density at radius 2 is 1.69 bits per heavy atom. The highest BCUT2D eigenvalue weighted by Crippen LogP contribution is 2.21. The summed E-state index contributed by atoms with van der Waals surface area (Å²) < 4.78 is 0. The standard InChI is InChI=1S/C11H14N2O3/c14-9-5-8(6-10(15)7-9)11(16)13-3-1-12-2-4-13/h5-7,12,14-15H,1-4H2. The number of hydrogen-bond acceptors (Lipinski definition) is 4. The van der Waals surface area contributed by atoms with Crippen molar-refractivity contribution in [2.24, 2.45) is 0 Å². The summed E-state index contributed by atoms with van der Waals surface area (Å²) in [5.74, 6) is -0.357. The highest BCUT2D eigenvalue weighted by molar-refractivity contribution is 5.95. The van der Waals surface area contributed by atoms with Gasteiger partial charge >= 0.3 is 0 Å². The van der Waals surface area contributed by atoms with Gasteiger partial charge in [-0.05, 0) is 12.1 Å². The lowest BCUT2D eigenvalue weighted by Gasteiger charge is -2.27. The van der Waals surface area contributed by atoms with E-state index in [0.717, 1.165) is 13.1 Å². The molecule has 0 aromatic heterocycles. The molecule has 1 fully saturated rings. The molecule has 0 saturated carbocycles. The molecule has 16 heavy (non-hydrogen) atoms. The summed E-state index contributed by atoms with van der Waals surface area (Å²) in [6.45, 7) is 2.84. The third kappa shape index (κ3) is 2.25. The number of carbonyl (C=O) groups excluding carboxylic acids is 1. The zero-order chi connectivity index (χ0) is 11.5. The molecule has 0 bridgehead atoms. The van der Waals surface area contributed by atoms with E-state index >= 15 is 0 Å². The Hall–Kier alpha value is -1.75. The van der Waals surface area contributed by atoms with E-state index in [0.29, 0.717) is 18.7 Å². The van der Waals surface area contributed by atoms with E-state index in [1.54, 1.807) is 4.90 Å². The fraction of sp³-hybridized carbons (Fsp3) is 0.364. The molecule has 3 N–H and O–H groups in total. The molecule has 1 aromatic carbocycles. The first-order chi connectivity index (χ1) is 7.66. The highest BCUT2D eigenvalue weighted by atomic mass is 16.3. The Morgan fingerprint density at radius 1 is 1.12 bits per heavy atom. The number of carbonyl (C=O) groups is 1. The summed E-state index contributed by atoms with van der Waals surface area (Å²) in [6.07, 6.45) is 0. The number of hydrogen-bond donors (Lipinski definition) is 3. The molecular weight excluding hydrogens is 208 g/mol. The van der Waals surface area contributed by atoms with Crippen LogP contribution in [0, 0.1) is 0 Å². The zero-order valence-electron chi connectivity index (χ0n) is 8.81. The third-order valence-electron chi connectivity index (χ3n) is 2.55. The minimum Gasteiger partial charge on any atom is -0.508 e.